The molecule has 5 aromatic rings. The Morgan fingerprint density at radius 2 is 1.56 bits per heavy atom. The monoisotopic (exact) mass is 672 g/mol. The lowest BCUT2D eigenvalue weighted by atomic mass is 10.0. The zero-order valence-corrected chi connectivity index (χ0v) is 28.1. The fourth-order valence-corrected chi connectivity index (χ4v) is 7.66. The molecule has 258 valence electrons. The van der Waals surface area contributed by atoms with Crippen LogP contribution in [-0.4, -0.2) is 65.0 Å². The minimum atomic E-state index is -0.775. The van der Waals surface area contributed by atoms with E-state index < -0.39 is 6.10 Å². The molecule has 9 nitrogen and oxygen atoms in total. The molecule has 2 heterocycles. The van der Waals surface area contributed by atoms with E-state index in [2.05, 4.69) is 44.8 Å². The van der Waals surface area contributed by atoms with E-state index in [1.165, 1.54) is 23.3 Å². The summed E-state index contributed by atoms with van der Waals surface area (Å²) in [7, 11) is 0. The number of aliphatic hydroxyl groups excluding tert-OH is 1. The Kier molecular flexibility index (Phi) is 10.3. The number of hydrogen-bond acceptors (Lipinski definition) is 7. The molecule has 4 atom stereocenters. The highest BCUT2D eigenvalue weighted by molar-refractivity contribution is 5.91. The fourth-order valence-electron chi connectivity index (χ4n) is 7.66. The van der Waals surface area contributed by atoms with E-state index in [1.807, 2.05) is 54.6 Å². The van der Waals surface area contributed by atoms with Crippen LogP contribution in [-0.2, 0) is 17.6 Å². The maximum Gasteiger partial charge on any atom is 0.411 e. The van der Waals surface area contributed by atoms with Gasteiger partial charge in [-0.3, -0.25) is 10.1 Å². The molecule has 1 amide bonds. The number of carbonyl (C=O) groups excluding carboxylic acids is 1. The standard InChI is InChI=1S/C41H44N4O5/c46-37-16-14-34(35-15-17-39(48)44-40(35)37)38(47)24-42-20-18-27-10-12-28(13-11-27)19-21-45-25-30-22-32(23-31(30)26-45)50-41(49)43-36-9-5-4-8-33(36)29-6-2-1-3-7-29/h1-17,30-32,38,42,46-47H,18-26H2,(H,43,49)(H,44,48)/t30-,31+,32?,38-/m0/s1. The Hall–Kier alpha value is -4.96. The average Bonchev–Trinajstić information content (AvgIpc) is 3.69. The predicted octanol–water partition coefficient (Wildman–Crippen LogP) is 6.27. The first-order valence-corrected chi connectivity index (χ1v) is 17.6. The molecule has 4 aromatic carbocycles. The maximum atomic E-state index is 12.9. The zero-order chi connectivity index (χ0) is 34.5. The van der Waals surface area contributed by atoms with Crippen molar-refractivity contribution in [3.63, 3.8) is 0 Å². The molecule has 50 heavy (non-hydrogen) atoms. The number of phenols is 1. The lowest BCUT2D eigenvalue weighted by molar-refractivity contribution is 0.106. The Morgan fingerprint density at radius 1 is 0.860 bits per heavy atom. The Bertz CT molecular complexity index is 1970. The number of hydrogen-bond donors (Lipinski definition) is 5. The number of H-pyrrole nitrogens is 1. The molecule has 1 aliphatic heterocycles. The van der Waals surface area contributed by atoms with Gasteiger partial charge in [-0.15, -0.1) is 0 Å². The van der Waals surface area contributed by atoms with Crippen molar-refractivity contribution in [3.05, 3.63) is 130 Å². The van der Waals surface area contributed by atoms with Crippen LogP contribution in [0, 0.1) is 11.8 Å². The number of ether oxygens (including phenoxy) is 1. The molecule has 1 saturated carbocycles. The van der Waals surface area contributed by atoms with E-state index in [-0.39, 0.29) is 23.5 Å². The highest BCUT2D eigenvalue weighted by atomic mass is 16.6. The van der Waals surface area contributed by atoms with Crippen molar-refractivity contribution < 1.29 is 19.7 Å². The van der Waals surface area contributed by atoms with Gasteiger partial charge in [0.1, 0.15) is 11.9 Å². The summed E-state index contributed by atoms with van der Waals surface area (Å²) in [5.41, 5.74) is 6.04. The third-order valence-electron chi connectivity index (χ3n) is 10.2. The van der Waals surface area contributed by atoms with Crippen LogP contribution in [0.25, 0.3) is 22.0 Å². The summed E-state index contributed by atoms with van der Waals surface area (Å²) in [5.74, 6) is 1.11. The van der Waals surface area contributed by atoms with Gasteiger partial charge >= 0.3 is 6.09 Å². The first-order valence-electron chi connectivity index (χ1n) is 17.6. The molecule has 5 N–H and O–H groups in total. The Morgan fingerprint density at radius 3 is 2.32 bits per heavy atom. The number of anilines is 1. The molecule has 2 aliphatic rings. The number of aliphatic hydroxyl groups is 1. The van der Waals surface area contributed by atoms with E-state index in [4.69, 9.17) is 4.74 Å². The third-order valence-corrected chi connectivity index (χ3v) is 10.2. The first-order chi connectivity index (χ1) is 24.4. The van der Waals surface area contributed by atoms with Crippen molar-refractivity contribution in [1.29, 1.82) is 0 Å². The number of aromatic amines is 1. The van der Waals surface area contributed by atoms with Gasteiger partial charge in [0.25, 0.3) is 0 Å². The number of fused-ring (bicyclic) bond motifs is 2. The van der Waals surface area contributed by atoms with Crippen LogP contribution in [0.1, 0.15) is 35.6 Å². The molecule has 1 saturated heterocycles. The molecule has 1 unspecified atom stereocenters. The maximum absolute atomic E-state index is 12.9. The molecule has 0 spiro atoms. The summed E-state index contributed by atoms with van der Waals surface area (Å²) in [5, 5.41) is 27.8. The van der Waals surface area contributed by atoms with Crippen LogP contribution in [0.5, 0.6) is 5.75 Å². The van der Waals surface area contributed by atoms with Gasteiger partial charge in [-0.1, -0.05) is 78.9 Å². The van der Waals surface area contributed by atoms with Gasteiger partial charge < -0.3 is 30.2 Å². The van der Waals surface area contributed by atoms with Crippen molar-refractivity contribution in [3.8, 4) is 16.9 Å². The zero-order valence-electron chi connectivity index (χ0n) is 28.1. The molecular formula is C41H44N4O5. The van der Waals surface area contributed by atoms with E-state index in [9.17, 15) is 19.8 Å². The number of carbonyl (C=O) groups is 1. The molecule has 7 rings (SSSR count). The second kappa shape index (κ2) is 15.3. The van der Waals surface area contributed by atoms with Crippen molar-refractivity contribution in [2.45, 2.75) is 37.9 Å². The van der Waals surface area contributed by atoms with E-state index in [0.717, 1.165) is 62.1 Å². The fraction of sp³-hybridized carbons (Fsp3) is 0.317. The quantitative estimate of drug-likeness (QED) is 0.0990. The van der Waals surface area contributed by atoms with Crippen molar-refractivity contribution in [1.82, 2.24) is 15.2 Å². The van der Waals surface area contributed by atoms with Gasteiger partial charge in [-0.2, -0.15) is 0 Å². The molecule has 0 bridgehead atoms. The lowest BCUT2D eigenvalue weighted by Gasteiger charge is -2.20. The van der Waals surface area contributed by atoms with Crippen LogP contribution >= 0.6 is 0 Å². The number of aromatic nitrogens is 1. The SMILES string of the molecule is O=C(Nc1ccccc1-c1ccccc1)OC1C[C@@H]2CN(CCc3ccc(CCNC[C@H](O)c4ccc(O)c5[nH]c(=O)ccc45)cc3)C[C@@H]2C1. The number of phenolic OH excluding ortho intramolecular Hbond substituents is 1. The van der Waals surface area contributed by atoms with E-state index in [0.29, 0.717) is 41.4 Å². The first kappa shape index (κ1) is 33.5. The minimum absolute atomic E-state index is 0.0167. The molecule has 0 radical (unpaired) electrons. The number of amides is 1. The molecule has 1 aliphatic carbocycles. The van der Waals surface area contributed by atoms with Crippen LogP contribution in [0.15, 0.2) is 108 Å². The number of aromatic hydroxyl groups is 1. The second-order valence-electron chi connectivity index (χ2n) is 13.6. The second-order valence-corrected chi connectivity index (χ2v) is 13.6. The highest BCUT2D eigenvalue weighted by Crippen LogP contribution is 2.40. The number of pyridine rings is 1. The van der Waals surface area contributed by atoms with Crippen LogP contribution in [0.2, 0.25) is 0 Å². The average molecular weight is 673 g/mol. The van der Waals surface area contributed by atoms with Crippen molar-refractivity contribution in [2.24, 2.45) is 11.8 Å². The highest BCUT2D eigenvalue weighted by Gasteiger charge is 2.42. The van der Waals surface area contributed by atoms with Gasteiger partial charge in [0, 0.05) is 43.2 Å². The Balaban J connectivity index is 0.809. The van der Waals surface area contributed by atoms with Crippen LogP contribution in [0.3, 0.4) is 0 Å². The van der Waals surface area contributed by atoms with E-state index >= 15 is 0 Å². The predicted molar refractivity (Wildman–Crippen MR) is 196 cm³/mol. The minimum Gasteiger partial charge on any atom is -0.506 e. The van der Waals surface area contributed by atoms with Gasteiger partial charge in [0.05, 0.1) is 17.3 Å². The number of likely N-dealkylation sites (tertiary alicyclic amines) is 1. The largest absolute Gasteiger partial charge is 0.506 e. The van der Waals surface area contributed by atoms with Crippen molar-refractivity contribution in [2.75, 3.05) is 38.0 Å². The topological polar surface area (TPSA) is 127 Å². The normalized spacial score (nSPS) is 19.3. The molecule has 1 aromatic heterocycles. The number of nitrogens with zero attached hydrogens (tertiary/aromatic N) is 1. The van der Waals surface area contributed by atoms with Crippen LogP contribution in [0.4, 0.5) is 10.5 Å². The summed E-state index contributed by atoms with van der Waals surface area (Å²) in [6.07, 6.45) is 2.48. The summed E-state index contributed by atoms with van der Waals surface area (Å²) in [6.45, 7) is 4.20. The smallest absolute Gasteiger partial charge is 0.411 e. The lowest BCUT2D eigenvalue weighted by Crippen LogP contribution is -2.27. The Labute approximate surface area is 291 Å². The molecule has 9 heteroatoms. The summed E-state index contributed by atoms with van der Waals surface area (Å²) in [4.78, 5) is 29.7. The van der Waals surface area contributed by atoms with Gasteiger partial charge in [-0.25, -0.2) is 4.79 Å². The van der Waals surface area contributed by atoms with Gasteiger partial charge in [-0.05, 0) is 84.5 Å². The number of benzene rings is 4. The summed E-state index contributed by atoms with van der Waals surface area (Å²) < 4.78 is 5.90. The molecule has 2 fully saturated rings. The van der Waals surface area contributed by atoms with Gasteiger partial charge in [0.15, 0.2) is 0 Å². The van der Waals surface area contributed by atoms with E-state index in [1.54, 1.807) is 12.1 Å². The van der Waals surface area contributed by atoms with Gasteiger partial charge in [0.2, 0.25) is 5.56 Å². The summed E-state index contributed by atoms with van der Waals surface area (Å²) >= 11 is 0. The van der Waals surface area contributed by atoms with Crippen molar-refractivity contribution >= 4 is 22.7 Å². The summed E-state index contributed by atoms with van der Waals surface area (Å²) in [6, 6.07) is 32.9. The third kappa shape index (κ3) is 7.91. The number of rotatable bonds is 12. The molecular weight excluding hydrogens is 628 g/mol. The number of para-hydroxylation sites is 1. The number of nitrogens with one attached hydrogen (secondary N) is 3. The van der Waals surface area contributed by atoms with Crippen LogP contribution < -0.4 is 16.2 Å².